The van der Waals surface area contributed by atoms with Gasteiger partial charge in [0.15, 0.2) is 0 Å². The van der Waals surface area contributed by atoms with Gasteiger partial charge in [-0.05, 0) is 42.7 Å². The zero-order chi connectivity index (χ0) is 13.7. The van der Waals surface area contributed by atoms with Gasteiger partial charge in [0, 0.05) is 0 Å². The van der Waals surface area contributed by atoms with Crippen molar-refractivity contribution in [3.8, 4) is 0 Å². The third kappa shape index (κ3) is 4.33. The normalized spacial score (nSPS) is 22.6. The predicted molar refractivity (Wildman–Crippen MR) is 71.2 cm³/mol. The van der Waals surface area contributed by atoms with Crippen LogP contribution in [-0.4, -0.2) is 35.5 Å². The molecule has 104 valence electrons. The Labute approximate surface area is 113 Å². The molecule has 1 aromatic rings. The van der Waals surface area contributed by atoms with E-state index in [1.807, 2.05) is 0 Å². The average Bonchev–Trinajstić information content (AvgIpc) is 2.82. The molecular formula is C15H20O4. The fourth-order valence-electron chi connectivity index (χ4n) is 2.57. The summed E-state index contributed by atoms with van der Waals surface area (Å²) in [5.41, 5.74) is 2.43. The van der Waals surface area contributed by atoms with Crippen LogP contribution in [0.4, 0.5) is 0 Å². The van der Waals surface area contributed by atoms with Gasteiger partial charge in [0.2, 0.25) is 0 Å². The number of carboxylic acids is 1. The summed E-state index contributed by atoms with van der Waals surface area (Å²) >= 11 is 0. The first-order chi connectivity index (χ1) is 9.15. The Hall–Kier alpha value is -1.39. The fourth-order valence-corrected chi connectivity index (χ4v) is 2.57. The highest BCUT2D eigenvalue weighted by molar-refractivity contribution is 5.67. The molecule has 2 rings (SSSR count). The van der Waals surface area contributed by atoms with E-state index in [1.165, 1.54) is 5.56 Å². The van der Waals surface area contributed by atoms with Crippen LogP contribution in [0.1, 0.15) is 36.3 Å². The molecule has 0 amide bonds. The molecule has 0 bridgehead atoms. The van der Waals surface area contributed by atoms with E-state index in [0.717, 1.165) is 31.2 Å². The van der Waals surface area contributed by atoms with Crippen LogP contribution in [0.2, 0.25) is 0 Å². The predicted octanol–water partition coefficient (Wildman–Crippen LogP) is 1.96. The molecule has 1 aliphatic carbocycles. The van der Waals surface area contributed by atoms with Gasteiger partial charge < -0.3 is 14.9 Å². The first kappa shape index (κ1) is 14.0. The molecule has 4 heteroatoms. The maximum atomic E-state index is 10.3. The van der Waals surface area contributed by atoms with E-state index in [2.05, 4.69) is 24.3 Å². The highest BCUT2D eigenvalue weighted by atomic mass is 16.5. The minimum atomic E-state index is -0.935. The monoisotopic (exact) mass is 264 g/mol. The minimum absolute atomic E-state index is 0.144. The SMILES string of the molecule is O=C(O)COCCc1ccc(C2CCC(O)C2)cc1. The van der Waals surface area contributed by atoms with Crippen molar-refractivity contribution < 1.29 is 19.7 Å². The second-order valence-corrected chi connectivity index (χ2v) is 5.10. The zero-order valence-electron chi connectivity index (χ0n) is 10.9. The van der Waals surface area contributed by atoms with E-state index in [-0.39, 0.29) is 12.7 Å². The lowest BCUT2D eigenvalue weighted by Gasteiger charge is -2.10. The topological polar surface area (TPSA) is 66.8 Å². The van der Waals surface area contributed by atoms with Crippen LogP contribution in [0, 0.1) is 0 Å². The number of rotatable bonds is 6. The summed E-state index contributed by atoms with van der Waals surface area (Å²) in [4.78, 5) is 10.3. The third-order valence-corrected chi connectivity index (χ3v) is 3.62. The number of benzene rings is 1. The van der Waals surface area contributed by atoms with Crippen molar-refractivity contribution in [3.05, 3.63) is 35.4 Å². The van der Waals surface area contributed by atoms with Gasteiger partial charge in [-0.3, -0.25) is 0 Å². The van der Waals surface area contributed by atoms with Crippen molar-refractivity contribution in [3.63, 3.8) is 0 Å². The number of ether oxygens (including phenoxy) is 1. The van der Waals surface area contributed by atoms with Gasteiger partial charge in [-0.1, -0.05) is 24.3 Å². The van der Waals surface area contributed by atoms with Crippen molar-refractivity contribution in [1.29, 1.82) is 0 Å². The van der Waals surface area contributed by atoms with E-state index in [0.29, 0.717) is 12.5 Å². The Balaban J connectivity index is 1.79. The van der Waals surface area contributed by atoms with Gasteiger partial charge in [-0.2, -0.15) is 0 Å². The molecule has 1 fully saturated rings. The molecule has 0 heterocycles. The summed E-state index contributed by atoms with van der Waals surface area (Å²) in [5.74, 6) is -0.456. The van der Waals surface area contributed by atoms with E-state index >= 15 is 0 Å². The minimum Gasteiger partial charge on any atom is -0.480 e. The van der Waals surface area contributed by atoms with Crippen LogP contribution < -0.4 is 0 Å². The summed E-state index contributed by atoms with van der Waals surface area (Å²) in [6.45, 7) is 0.186. The number of carboxylic acid groups (broad SMARTS) is 1. The maximum Gasteiger partial charge on any atom is 0.329 e. The van der Waals surface area contributed by atoms with E-state index in [9.17, 15) is 9.90 Å². The Morgan fingerprint density at radius 3 is 2.58 bits per heavy atom. The van der Waals surface area contributed by atoms with Crippen LogP contribution in [0.5, 0.6) is 0 Å². The third-order valence-electron chi connectivity index (χ3n) is 3.62. The highest BCUT2D eigenvalue weighted by Crippen LogP contribution is 2.34. The first-order valence-corrected chi connectivity index (χ1v) is 6.71. The van der Waals surface area contributed by atoms with E-state index in [4.69, 9.17) is 9.84 Å². The van der Waals surface area contributed by atoms with Gasteiger partial charge in [0.1, 0.15) is 6.61 Å². The van der Waals surface area contributed by atoms with Crippen LogP contribution >= 0.6 is 0 Å². The second kappa shape index (κ2) is 6.68. The number of aliphatic hydroxyl groups excluding tert-OH is 1. The first-order valence-electron chi connectivity index (χ1n) is 6.71. The molecule has 1 aromatic carbocycles. The summed E-state index contributed by atoms with van der Waals surface area (Å²) in [7, 11) is 0. The molecule has 2 unspecified atom stereocenters. The van der Waals surface area contributed by atoms with Gasteiger partial charge in [-0.15, -0.1) is 0 Å². The molecule has 2 atom stereocenters. The van der Waals surface area contributed by atoms with Gasteiger partial charge >= 0.3 is 5.97 Å². The summed E-state index contributed by atoms with van der Waals surface area (Å²) in [6.07, 6.45) is 3.40. The molecule has 0 aromatic heterocycles. The highest BCUT2D eigenvalue weighted by Gasteiger charge is 2.23. The molecule has 4 nitrogen and oxygen atoms in total. The largest absolute Gasteiger partial charge is 0.480 e. The zero-order valence-corrected chi connectivity index (χ0v) is 10.9. The molecule has 1 aliphatic rings. The summed E-state index contributed by atoms with van der Waals surface area (Å²) in [6, 6.07) is 8.33. The molecule has 0 saturated heterocycles. The second-order valence-electron chi connectivity index (χ2n) is 5.10. The number of aliphatic carboxylic acids is 1. The summed E-state index contributed by atoms with van der Waals surface area (Å²) < 4.78 is 5.01. The molecule has 0 radical (unpaired) electrons. The van der Waals surface area contributed by atoms with Crippen LogP contribution in [-0.2, 0) is 16.0 Å². The standard InChI is InChI=1S/C15H20O4/c16-14-6-5-13(9-14)12-3-1-11(2-4-12)7-8-19-10-15(17)18/h1-4,13-14,16H,5-10H2,(H,17,18). The molecule has 0 spiro atoms. The van der Waals surface area contributed by atoms with Gasteiger partial charge in [-0.25, -0.2) is 4.79 Å². The fraction of sp³-hybridized carbons (Fsp3) is 0.533. The van der Waals surface area contributed by atoms with Crippen molar-refractivity contribution >= 4 is 5.97 Å². The van der Waals surface area contributed by atoms with Crippen molar-refractivity contribution in [2.75, 3.05) is 13.2 Å². The smallest absolute Gasteiger partial charge is 0.329 e. The maximum absolute atomic E-state index is 10.3. The van der Waals surface area contributed by atoms with Crippen molar-refractivity contribution in [2.24, 2.45) is 0 Å². The molecule has 0 aliphatic heterocycles. The Bertz CT molecular complexity index is 413. The molecule has 2 N–H and O–H groups in total. The lowest BCUT2D eigenvalue weighted by molar-refractivity contribution is -0.142. The average molecular weight is 264 g/mol. The number of aliphatic hydroxyl groups is 1. The van der Waals surface area contributed by atoms with Crippen LogP contribution in [0.3, 0.4) is 0 Å². The molecule has 19 heavy (non-hydrogen) atoms. The number of carbonyl (C=O) groups is 1. The number of hydrogen-bond acceptors (Lipinski definition) is 3. The summed E-state index contributed by atoms with van der Waals surface area (Å²) in [5, 5.41) is 18.0. The molecule has 1 saturated carbocycles. The lowest BCUT2D eigenvalue weighted by atomic mass is 9.96. The van der Waals surface area contributed by atoms with Crippen molar-refractivity contribution in [1.82, 2.24) is 0 Å². The van der Waals surface area contributed by atoms with Crippen LogP contribution in [0.25, 0.3) is 0 Å². The van der Waals surface area contributed by atoms with Crippen LogP contribution in [0.15, 0.2) is 24.3 Å². The Morgan fingerprint density at radius 2 is 2.00 bits per heavy atom. The van der Waals surface area contributed by atoms with Gasteiger partial charge in [0.05, 0.1) is 12.7 Å². The lowest BCUT2D eigenvalue weighted by Crippen LogP contribution is -2.09. The number of hydrogen-bond donors (Lipinski definition) is 2. The van der Waals surface area contributed by atoms with Gasteiger partial charge in [0.25, 0.3) is 0 Å². The van der Waals surface area contributed by atoms with E-state index < -0.39 is 5.97 Å². The molecular weight excluding hydrogens is 244 g/mol. The van der Waals surface area contributed by atoms with Crippen molar-refractivity contribution in [2.45, 2.75) is 37.7 Å². The Morgan fingerprint density at radius 1 is 1.26 bits per heavy atom. The quantitative estimate of drug-likeness (QED) is 0.771. The van der Waals surface area contributed by atoms with E-state index in [1.54, 1.807) is 0 Å². The Kier molecular flexibility index (Phi) is 4.93.